The molecule has 0 fully saturated rings. The molecule has 1 aromatic heterocycles. The molecule has 0 unspecified atom stereocenters. The third-order valence-electron chi connectivity index (χ3n) is 3.59. The zero-order valence-corrected chi connectivity index (χ0v) is 12.7. The highest BCUT2D eigenvalue weighted by molar-refractivity contribution is 7.14. The van der Waals surface area contributed by atoms with Gasteiger partial charge in [-0.15, -0.1) is 11.3 Å². The van der Waals surface area contributed by atoms with Crippen LogP contribution in [0.4, 0.5) is 0 Å². The molecule has 1 N–H and O–H groups in total. The van der Waals surface area contributed by atoms with Crippen molar-refractivity contribution in [2.45, 2.75) is 32.2 Å². The van der Waals surface area contributed by atoms with Crippen molar-refractivity contribution in [2.75, 3.05) is 0 Å². The number of rotatable bonds is 3. The average Bonchev–Trinajstić information content (AvgIpc) is 2.90. The van der Waals surface area contributed by atoms with E-state index in [4.69, 9.17) is 11.6 Å². The van der Waals surface area contributed by atoms with Crippen LogP contribution in [-0.4, -0.2) is 5.91 Å². The van der Waals surface area contributed by atoms with Gasteiger partial charge in [0, 0.05) is 16.4 Å². The minimum absolute atomic E-state index is 0.0272. The first kappa shape index (κ1) is 13.7. The quantitative estimate of drug-likeness (QED) is 0.904. The van der Waals surface area contributed by atoms with E-state index in [-0.39, 0.29) is 5.91 Å². The lowest BCUT2D eigenvalue weighted by Gasteiger charge is -2.08. The second-order valence-corrected chi connectivity index (χ2v) is 6.65. The lowest BCUT2D eigenvalue weighted by molar-refractivity contribution is 0.0955. The molecule has 1 heterocycles. The molecular formula is C16H16ClNOS. The fourth-order valence-electron chi connectivity index (χ4n) is 2.47. The summed E-state index contributed by atoms with van der Waals surface area (Å²) in [5.41, 5.74) is 2.43. The number of carbonyl (C=O) groups excluding carboxylic acids is 1. The maximum Gasteiger partial charge on any atom is 0.261 e. The number of aryl methyl sites for hydroxylation is 2. The Kier molecular flexibility index (Phi) is 4.08. The van der Waals surface area contributed by atoms with Crippen molar-refractivity contribution < 1.29 is 4.79 Å². The summed E-state index contributed by atoms with van der Waals surface area (Å²) >= 11 is 7.49. The first-order valence-electron chi connectivity index (χ1n) is 6.86. The number of nitrogens with one attached hydrogen (secondary N) is 1. The summed E-state index contributed by atoms with van der Waals surface area (Å²) < 4.78 is 0. The third kappa shape index (κ3) is 3.05. The first-order valence-corrected chi connectivity index (χ1v) is 8.06. The van der Waals surface area contributed by atoms with Crippen LogP contribution in [0, 0.1) is 0 Å². The van der Waals surface area contributed by atoms with Crippen LogP contribution in [0.3, 0.4) is 0 Å². The van der Waals surface area contributed by atoms with Crippen LogP contribution in [0.5, 0.6) is 0 Å². The molecule has 2 nitrogen and oxygen atoms in total. The summed E-state index contributed by atoms with van der Waals surface area (Å²) in [6.45, 7) is 0.540. The summed E-state index contributed by atoms with van der Waals surface area (Å²) in [6, 6.07) is 9.61. The molecule has 104 valence electrons. The number of hydrogen-bond donors (Lipinski definition) is 1. The SMILES string of the molecule is O=C(NCc1ccc(Cl)cc1)c1cc2c(s1)CCCC2. The normalized spacial score (nSPS) is 13.8. The van der Waals surface area contributed by atoms with Crippen LogP contribution in [0.1, 0.15) is 38.5 Å². The van der Waals surface area contributed by atoms with Gasteiger partial charge in [-0.1, -0.05) is 23.7 Å². The number of halogens is 1. The van der Waals surface area contributed by atoms with Crippen molar-refractivity contribution in [3.8, 4) is 0 Å². The van der Waals surface area contributed by atoms with Crippen LogP contribution in [0.15, 0.2) is 30.3 Å². The summed E-state index contributed by atoms with van der Waals surface area (Å²) in [6.07, 6.45) is 4.75. The number of hydrogen-bond acceptors (Lipinski definition) is 2. The van der Waals surface area contributed by atoms with Crippen LogP contribution in [0.25, 0.3) is 0 Å². The Labute approximate surface area is 127 Å². The zero-order chi connectivity index (χ0) is 13.9. The fraction of sp³-hybridized carbons (Fsp3) is 0.312. The van der Waals surface area contributed by atoms with Gasteiger partial charge in [-0.2, -0.15) is 0 Å². The molecule has 0 aliphatic heterocycles. The molecule has 1 aliphatic rings. The van der Waals surface area contributed by atoms with Gasteiger partial charge in [0.2, 0.25) is 0 Å². The Hall–Kier alpha value is -1.32. The molecule has 0 radical (unpaired) electrons. The summed E-state index contributed by atoms with van der Waals surface area (Å²) in [7, 11) is 0. The van der Waals surface area contributed by atoms with Crippen molar-refractivity contribution in [2.24, 2.45) is 0 Å². The number of amides is 1. The molecule has 0 atom stereocenters. The molecular weight excluding hydrogens is 290 g/mol. The molecule has 0 saturated carbocycles. The van der Waals surface area contributed by atoms with E-state index in [1.165, 1.54) is 23.3 Å². The van der Waals surface area contributed by atoms with E-state index in [1.807, 2.05) is 24.3 Å². The molecule has 0 bridgehead atoms. The second kappa shape index (κ2) is 5.98. The third-order valence-corrected chi connectivity index (χ3v) is 5.07. The Morgan fingerprint density at radius 3 is 2.70 bits per heavy atom. The van der Waals surface area contributed by atoms with Crippen molar-refractivity contribution in [3.05, 3.63) is 56.2 Å². The van der Waals surface area contributed by atoms with E-state index >= 15 is 0 Å². The highest BCUT2D eigenvalue weighted by atomic mass is 35.5. The molecule has 1 aliphatic carbocycles. The van der Waals surface area contributed by atoms with Crippen LogP contribution in [-0.2, 0) is 19.4 Å². The van der Waals surface area contributed by atoms with Crippen LogP contribution in [0.2, 0.25) is 5.02 Å². The van der Waals surface area contributed by atoms with Crippen molar-refractivity contribution in [3.63, 3.8) is 0 Å². The van der Waals surface area contributed by atoms with Gasteiger partial charge in [0.25, 0.3) is 5.91 Å². The van der Waals surface area contributed by atoms with E-state index in [0.717, 1.165) is 23.3 Å². The largest absolute Gasteiger partial charge is 0.347 e. The van der Waals surface area contributed by atoms with E-state index in [1.54, 1.807) is 11.3 Å². The van der Waals surface area contributed by atoms with Crippen molar-refractivity contribution >= 4 is 28.8 Å². The second-order valence-electron chi connectivity index (χ2n) is 5.08. The Balaban J connectivity index is 1.64. The number of thiophene rings is 1. The summed E-state index contributed by atoms with van der Waals surface area (Å²) in [4.78, 5) is 14.4. The molecule has 2 aromatic rings. The van der Waals surface area contributed by atoms with Gasteiger partial charge in [0.05, 0.1) is 4.88 Å². The first-order chi connectivity index (χ1) is 9.72. The Morgan fingerprint density at radius 2 is 1.95 bits per heavy atom. The Bertz CT molecular complexity index is 594. The van der Waals surface area contributed by atoms with Crippen LogP contribution < -0.4 is 5.32 Å². The minimum Gasteiger partial charge on any atom is -0.347 e. The van der Waals surface area contributed by atoms with Gasteiger partial charge < -0.3 is 5.32 Å². The summed E-state index contributed by atoms with van der Waals surface area (Å²) in [5, 5.41) is 3.69. The lowest BCUT2D eigenvalue weighted by Crippen LogP contribution is -2.21. The van der Waals surface area contributed by atoms with E-state index in [2.05, 4.69) is 11.4 Å². The zero-order valence-electron chi connectivity index (χ0n) is 11.1. The fourth-order valence-corrected chi connectivity index (χ4v) is 3.77. The van der Waals surface area contributed by atoms with E-state index in [0.29, 0.717) is 11.6 Å². The molecule has 1 aromatic carbocycles. The molecule has 20 heavy (non-hydrogen) atoms. The molecule has 3 rings (SSSR count). The van der Waals surface area contributed by atoms with Gasteiger partial charge in [-0.05, 0) is 55.0 Å². The van der Waals surface area contributed by atoms with E-state index < -0.39 is 0 Å². The predicted molar refractivity (Wildman–Crippen MR) is 83.6 cm³/mol. The van der Waals surface area contributed by atoms with Gasteiger partial charge in [0.1, 0.15) is 0 Å². The lowest BCUT2D eigenvalue weighted by atomic mass is 9.99. The number of benzene rings is 1. The van der Waals surface area contributed by atoms with Gasteiger partial charge in [-0.25, -0.2) is 0 Å². The van der Waals surface area contributed by atoms with E-state index in [9.17, 15) is 4.79 Å². The van der Waals surface area contributed by atoms with Gasteiger partial charge in [0.15, 0.2) is 0 Å². The van der Waals surface area contributed by atoms with Crippen molar-refractivity contribution in [1.82, 2.24) is 5.32 Å². The average molecular weight is 306 g/mol. The summed E-state index contributed by atoms with van der Waals surface area (Å²) in [5.74, 6) is 0.0272. The Morgan fingerprint density at radius 1 is 1.20 bits per heavy atom. The predicted octanol–water partition coefficient (Wildman–Crippen LogP) is 4.21. The number of carbonyl (C=O) groups is 1. The van der Waals surface area contributed by atoms with Gasteiger partial charge >= 0.3 is 0 Å². The maximum absolute atomic E-state index is 12.2. The molecule has 1 amide bonds. The smallest absolute Gasteiger partial charge is 0.261 e. The highest BCUT2D eigenvalue weighted by Crippen LogP contribution is 2.29. The standard InChI is InChI=1S/C16H16ClNOS/c17-13-7-5-11(6-8-13)10-18-16(19)15-9-12-3-1-2-4-14(12)20-15/h5-9H,1-4,10H2,(H,18,19). The molecule has 0 spiro atoms. The maximum atomic E-state index is 12.2. The number of fused-ring (bicyclic) bond motifs is 1. The molecule has 4 heteroatoms. The van der Waals surface area contributed by atoms with Gasteiger partial charge in [-0.3, -0.25) is 4.79 Å². The molecule has 0 saturated heterocycles. The van der Waals surface area contributed by atoms with Crippen LogP contribution >= 0.6 is 22.9 Å². The monoisotopic (exact) mass is 305 g/mol. The minimum atomic E-state index is 0.0272. The topological polar surface area (TPSA) is 29.1 Å². The van der Waals surface area contributed by atoms with Crippen molar-refractivity contribution in [1.29, 1.82) is 0 Å². The highest BCUT2D eigenvalue weighted by Gasteiger charge is 2.16.